The van der Waals surface area contributed by atoms with Crippen molar-refractivity contribution in [3.63, 3.8) is 0 Å². The zero-order valence-corrected chi connectivity index (χ0v) is 18.6. The third kappa shape index (κ3) is 5.18. The van der Waals surface area contributed by atoms with Crippen molar-refractivity contribution >= 4 is 22.0 Å². The Hall–Kier alpha value is -0.641. The number of hydrogen-bond donors (Lipinski definition) is 0. The van der Waals surface area contributed by atoms with Crippen molar-refractivity contribution in [2.24, 2.45) is 0 Å². The van der Waals surface area contributed by atoms with Gasteiger partial charge in [-0.25, -0.2) is 0 Å². The van der Waals surface area contributed by atoms with Crippen molar-refractivity contribution in [1.82, 2.24) is 0 Å². The number of rotatable bonds is 11. The van der Waals surface area contributed by atoms with Crippen LogP contribution in [-0.4, -0.2) is 18.4 Å². The number of benzene rings is 1. The second kappa shape index (κ2) is 10.4. The molecule has 0 saturated heterocycles. The molecule has 134 valence electrons. The zero-order chi connectivity index (χ0) is 17.3. The fourth-order valence-electron chi connectivity index (χ4n) is 3.76. The summed E-state index contributed by atoms with van der Waals surface area (Å²) in [5, 5.41) is 0. The minimum atomic E-state index is -2.35. The van der Waals surface area contributed by atoms with E-state index in [9.17, 15) is 0 Å². The maximum absolute atomic E-state index is 5.57. The molecule has 0 unspecified atom stereocenters. The second-order valence-corrected chi connectivity index (χ2v) is 20.3. The third-order valence-corrected chi connectivity index (χ3v) is 20.9. The molecule has 0 radical (unpaired) electrons. The molecule has 1 aromatic carbocycles. The quantitative estimate of drug-likeness (QED) is 0.381. The van der Waals surface area contributed by atoms with Gasteiger partial charge in [-0.3, -0.25) is 0 Å². The molecule has 1 aromatic rings. The molecule has 3 heteroatoms. The first kappa shape index (κ1) is 19.7. The molecule has 0 atom stereocenters. The fraction of sp³-hybridized carbons (Fsp3) is 0.619. The van der Waals surface area contributed by atoms with Gasteiger partial charge in [0.25, 0.3) is 0 Å². The summed E-state index contributed by atoms with van der Waals surface area (Å²) < 4.78 is 17.3. The van der Waals surface area contributed by atoms with Crippen LogP contribution in [0.5, 0.6) is 0 Å². The van der Waals surface area contributed by atoms with Crippen molar-refractivity contribution in [2.75, 3.05) is 0 Å². The summed E-state index contributed by atoms with van der Waals surface area (Å²) in [6.07, 6.45) is 11.2. The topological polar surface area (TPSA) is 18.5 Å². The summed E-state index contributed by atoms with van der Waals surface area (Å²) in [5.41, 5.74) is 1.18. The van der Waals surface area contributed by atoms with E-state index in [0.29, 0.717) is 0 Å². The Labute approximate surface area is 152 Å². The molecule has 0 bridgehead atoms. The van der Waals surface area contributed by atoms with Crippen LogP contribution in [-0.2, 0) is 9.47 Å². The van der Waals surface area contributed by atoms with E-state index >= 15 is 0 Å². The van der Waals surface area contributed by atoms with Crippen LogP contribution in [0.4, 0.5) is 0 Å². The number of ether oxygens (including phenoxy) is 2. The van der Waals surface area contributed by atoms with Gasteiger partial charge in [0.05, 0.1) is 0 Å². The van der Waals surface area contributed by atoms with Crippen LogP contribution in [0.1, 0.15) is 71.1 Å². The van der Waals surface area contributed by atoms with Gasteiger partial charge in [0.15, 0.2) is 0 Å². The summed E-state index contributed by atoms with van der Waals surface area (Å²) >= 11 is -2.35. The van der Waals surface area contributed by atoms with Crippen LogP contribution in [0.3, 0.4) is 0 Å². The van der Waals surface area contributed by atoms with Crippen LogP contribution in [0.2, 0.25) is 13.3 Å². The van der Waals surface area contributed by atoms with Gasteiger partial charge in [-0.15, -0.1) is 0 Å². The van der Waals surface area contributed by atoms with Crippen molar-refractivity contribution in [3.8, 4) is 0 Å². The molecule has 2 rings (SSSR count). The first-order valence-electron chi connectivity index (χ1n) is 9.82. The standard InChI is InChI=1S/C9H7O2.3C4H9.Sn/c1-2-4-8(5-3-1)9-10-6-7-11-9;3*1-3-4-2;/h1-2,4-7,9H;3*1,3-4H2,2H3;. The normalized spacial score (nSPS) is 14.6. The van der Waals surface area contributed by atoms with E-state index in [1.165, 1.54) is 57.4 Å². The molecule has 0 amide bonds. The number of hydrogen-bond acceptors (Lipinski definition) is 2. The van der Waals surface area contributed by atoms with Gasteiger partial charge in [-0.1, -0.05) is 0 Å². The average molecular weight is 437 g/mol. The van der Waals surface area contributed by atoms with E-state index in [1.807, 2.05) is 0 Å². The Bertz CT molecular complexity index is 483. The van der Waals surface area contributed by atoms with Gasteiger partial charge in [0.1, 0.15) is 0 Å². The third-order valence-electron chi connectivity index (χ3n) is 5.26. The summed E-state index contributed by atoms with van der Waals surface area (Å²) in [4.78, 5) is 0. The summed E-state index contributed by atoms with van der Waals surface area (Å²) in [6, 6.07) is 9.22. The minimum absolute atomic E-state index is 0.238. The summed E-state index contributed by atoms with van der Waals surface area (Å²) in [6.45, 7) is 7.00. The summed E-state index contributed by atoms with van der Waals surface area (Å²) in [5.74, 6) is 0. The van der Waals surface area contributed by atoms with Crippen LogP contribution >= 0.6 is 0 Å². The van der Waals surface area contributed by atoms with Crippen LogP contribution in [0.15, 0.2) is 36.8 Å². The summed E-state index contributed by atoms with van der Waals surface area (Å²) in [7, 11) is 0. The molecule has 0 N–H and O–H groups in total. The van der Waals surface area contributed by atoms with Gasteiger partial charge in [-0.2, -0.15) is 0 Å². The SMILES string of the molecule is CCC[CH2][Sn]([CH2]CCC)([CH2]CCC)[c]1cccc(C2OC=CO2)c1. The zero-order valence-electron chi connectivity index (χ0n) is 15.7. The molecule has 24 heavy (non-hydrogen) atoms. The molecular formula is C21H34O2Sn. The molecule has 0 fully saturated rings. The molecule has 0 saturated carbocycles. The van der Waals surface area contributed by atoms with E-state index in [-0.39, 0.29) is 6.29 Å². The first-order valence-corrected chi connectivity index (χ1v) is 17.3. The fourth-order valence-corrected chi connectivity index (χ4v) is 19.8. The first-order chi connectivity index (χ1) is 11.8. The maximum atomic E-state index is 5.57. The van der Waals surface area contributed by atoms with Crippen molar-refractivity contribution < 1.29 is 9.47 Å². The van der Waals surface area contributed by atoms with Gasteiger partial charge < -0.3 is 0 Å². The molecule has 0 aromatic heterocycles. The van der Waals surface area contributed by atoms with E-state index in [4.69, 9.17) is 9.47 Å². The van der Waals surface area contributed by atoms with E-state index in [0.717, 1.165) is 0 Å². The Balaban J connectivity index is 2.29. The van der Waals surface area contributed by atoms with Crippen molar-refractivity contribution in [3.05, 3.63) is 42.4 Å². The van der Waals surface area contributed by atoms with Crippen molar-refractivity contribution in [1.29, 1.82) is 0 Å². The van der Waals surface area contributed by atoms with Gasteiger partial charge >= 0.3 is 153 Å². The molecule has 0 spiro atoms. The van der Waals surface area contributed by atoms with Gasteiger partial charge in [-0.05, 0) is 0 Å². The Morgan fingerprint density at radius 2 is 1.38 bits per heavy atom. The second-order valence-electron chi connectivity index (χ2n) is 7.09. The molecule has 1 aliphatic heterocycles. The van der Waals surface area contributed by atoms with Gasteiger partial charge in [0.2, 0.25) is 0 Å². The number of unbranched alkanes of at least 4 members (excludes halogenated alkanes) is 3. The van der Waals surface area contributed by atoms with E-state index < -0.39 is 18.4 Å². The Kier molecular flexibility index (Phi) is 8.51. The van der Waals surface area contributed by atoms with E-state index in [1.54, 1.807) is 16.1 Å². The Morgan fingerprint density at radius 1 is 0.833 bits per heavy atom. The Morgan fingerprint density at radius 3 is 1.88 bits per heavy atom. The predicted octanol–water partition coefficient (Wildman–Crippen LogP) is 6.26. The average Bonchev–Trinajstić information content (AvgIpc) is 3.16. The van der Waals surface area contributed by atoms with Crippen LogP contribution in [0, 0.1) is 0 Å². The molecule has 2 nitrogen and oxygen atoms in total. The van der Waals surface area contributed by atoms with Crippen LogP contribution in [0.25, 0.3) is 0 Å². The molecule has 0 aliphatic carbocycles. The van der Waals surface area contributed by atoms with Crippen molar-refractivity contribution in [2.45, 2.75) is 78.9 Å². The van der Waals surface area contributed by atoms with Crippen LogP contribution < -0.4 is 3.58 Å². The molecule has 1 aliphatic rings. The van der Waals surface area contributed by atoms with Gasteiger partial charge in [0, 0.05) is 0 Å². The monoisotopic (exact) mass is 438 g/mol. The molecular weight excluding hydrogens is 403 g/mol. The molecule has 1 heterocycles. The van der Waals surface area contributed by atoms with E-state index in [2.05, 4.69) is 45.0 Å². The predicted molar refractivity (Wildman–Crippen MR) is 105 cm³/mol.